The van der Waals surface area contributed by atoms with Crippen LogP contribution in [0.3, 0.4) is 0 Å². The second-order valence-corrected chi connectivity index (χ2v) is 7.48. The molecule has 3 unspecified atom stereocenters. The number of nitrogens with two attached hydrogens (primary N) is 1. The first-order valence-electron chi connectivity index (χ1n) is 8.11. The van der Waals surface area contributed by atoms with Crippen LogP contribution in [0.2, 0.25) is 0 Å². The van der Waals surface area contributed by atoms with E-state index in [1.807, 2.05) is 0 Å². The zero-order valence-electron chi connectivity index (χ0n) is 13.4. The van der Waals surface area contributed by atoms with Gasteiger partial charge in [0, 0.05) is 31.2 Å². The minimum atomic E-state index is 0.204. The van der Waals surface area contributed by atoms with E-state index >= 15 is 0 Å². The summed E-state index contributed by atoms with van der Waals surface area (Å²) in [6, 6.07) is 0.825. The number of likely N-dealkylation sites (tertiary alicyclic amines) is 2. The highest BCUT2D eigenvalue weighted by Crippen LogP contribution is 2.34. The Labute approximate surface area is 119 Å². The van der Waals surface area contributed by atoms with E-state index in [0.717, 1.165) is 24.4 Å². The van der Waals surface area contributed by atoms with Gasteiger partial charge in [-0.15, -0.1) is 0 Å². The summed E-state index contributed by atoms with van der Waals surface area (Å²) in [7, 11) is 2.31. The van der Waals surface area contributed by atoms with Crippen molar-refractivity contribution in [2.24, 2.45) is 17.6 Å². The molecule has 2 rings (SSSR count). The Morgan fingerprint density at radius 3 is 2.63 bits per heavy atom. The molecule has 112 valence electrons. The summed E-state index contributed by atoms with van der Waals surface area (Å²) >= 11 is 0. The van der Waals surface area contributed by atoms with Gasteiger partial charge < -0.3 is 10.6 Å². The Balaban J connectivity index is 2.02. The Morgan fingerprint density at radius 1 is 1.26 bits per heavy atom. The van der Waals surface area contributed by atoms with Gasteiger partial charge in [-0.1, -0.05) is 13.8 Å². The normalized spacial score (nSPS) is 33.2. The molecule has 2 aliphatic rings. The number of hydrogen-bond acceptors (Lipinski definition) is 3. The van der Waals surface area contributed by atoms with Crippen LogP contribution in [-0.2, 0) is 0 Å². The maximum absolute atomic E-state index is 6.13. The highest BCUT2D eigenvalue weighted by atomic mass is 15.2. The molecule has 19 heavy (non-hydrogen) atoms. The van der Waals surface area contributed by atoms with Gasteiger partial charge in [-0.25, -0.2) is 0 Å². The highest BCUT2D eigenvalue weighted by Gasteiger charge is 2.40. The SMILES string of the molecule is CC(C)CC(C)(CN)N1CCC2C(CCCN2C)C1. The van der Waals surface area contributed by atoms with Crippen LogP contribution in [0, 0.1) is 11.8 Å². The molecule has 0 saturated carbocycles. The first-order chi connectivity index (χ1) is 8.96. The Hall–Kier alpha value is -0.120. The number of rotatable bonds is 4. The highest BCUT2D eigenvalue weighted by molar-refractivity contribution is 4.96. The van der Waals surface area contributed by atoms with Crippen LogP contribution in [0.4, 0.5) is 0 Å². The Kier molecular flexibility index (Phi) is 4.91. The molecule has 0 aromatic heterocycles. The van der Waals surface area contributed by atoms with E-state index in [1.54, 1.807) is 0 Å². The van der Waals surface area contributed by atoms with Crippen molar-refractivity contribution >= 4 is 0 Å². The monoisotopic (exact) mass is 267 g/mol. The minimum Gasteiger partial charge on any atom is -0.329 e. The maximum atomic E-state index is 6.13. The molecular weight excluding hydrogens is 234 g/mol. The summed E-state index contributed by atoms with van der Waals surface area (Å²) in [6.07, 6.45) is 5.33. The van der Waals surface area contributed by atoms with Crippen LogP contribution in [0.25, 0.3) is 0 Å². The molecule has 0 amide bonds. The van der Waals surface area contributed by atoms with Gasteiger partial charge in [0.25, 0.3) is 0 Å². The van der Waals surface area contributed by atoms with E-state index < -0.39 is 0 Å². The molecule has 0 aliphatic carbocycles. The lowest BCUT2D eigenvalue weighted by atomic mass is 9.80. The summed E-state index contributed by atoms with van der Waals surface area (Å²) in [5.74, 6) is 1.59. The predicted octanol–water partition coefficient (Wildman–Crippen LogP) is 2.17. The van der Waals surface area contributed by atoms with Crippen LogP contribution in [0.1, 0.15) is 46.5 Å². The molecule has 0 radical (unpaired) electrons. The molecule has 0 aromatic carbocycles. The molecule has 2 fully saturated rings. The lowest BCUT2D eigenvalue weighted by Gasteiger charge is -2.51. The molecule has 2 aliphatic heterocycles. The smallest absolute Gasteiger partial charge is 0.0306 e. The van der Waals surface area contributed by atoms with Gasteiger partial charge in [0.15, 0.2) is 0 Å². The standard InChI is InChI=1S/C16H33N3/c1-13(2)10-16(3,12-17)19-9-7-15-14(11-19)6-5-8-18(15)4/h13-15H,5-12,17H2,1-4H3. The molecule has 3 atom stereocenters. The molecule has 3 heteroatoms. The van der Waals surface area contributed by atoms with Gasteiger partial charge in [0.2, 0.25) is 0 Å². The van der Waals surface area contributed by atoms with Gasteiger partial charge in [0.1, 0.15) is 0 Å². The van der Waals surface area contributed by atoms with E-state index in [2.05, 4.69) is 37.6 Å². The first-order valence-corrected chi connectivity index (χ1v) is 8.11. The van der Waals surface area contributed by atoms with Crippen LogP contribution in [-0.4, -0.2) is 54.6 Å². The summed E-state index contributed by atoms with van der Waals surface area (Å²) in [5, 5.41) is 0. The molecule has 0 bridgehead atoms. The van der Waals surface area contributed by atoms with E-state index in [4.69, 9.17) is 5.73 Å². The second kappa shape index (κ2) is 6.11. The first kappa shape index (κ1) is 15.3. The van der Waals surface area contributed by atoms with Gasteiger partial charge in [-0.05, 0) is 58.0 Å². The third-order valence-corrected chi connectivity index (χ3v) is 5.40. The summed E-state index contributed by atoms with van der Waals surface area (Å²) < 4.78 is 0. The third-order valence-electron chi connectivity index (χ3n) is 5.40. The fourth-order valence-corrected chi connectivity index (χ4v) is 4.36. The van der Waals surface area contributed by atoms with Crippen molar-refractivity contribution in [1.29, 1.82) is 0 Å². The van der Waals surface area contributed by atoms with Crippen LogP contribution >= 0.6 is 0 Å². The van der Waals surface area contributed by atoms with Gasteiger partial charge in [-0.2, -0.15) is 0 Å². The number of nitrogens with zero attached hydrogens (tertiary/aromatic N) is 2. The number of hydrogen-bond donors (Lipinski definition) is 1. The number of piperidine rings is 2. The predicted molar refractivity (Wildman–Crippen MR) is 82.2 cm³/mol. The zero-order valence-corrected chi connectivity index (χ0v) is 13.4. The lowest BCUT2D eigenvalue weighted by molar-refractivity contribution is -0.0147. The van der Waals surface area contributed by atoms with Crippen molar-refractivity contribution in [1.82, 2.24) is 9.80 Å². The van der Waals surface area contributed by atoms with Crippen molar-refractivity contribution in [2.45, 2.75) is 58.0 Å². The van der Waals surface area contributed by atoms with Crippen molar-refractivity contribution in [3.8, 4) is 0 Å². The fourth-order valence-electron chi connectivity index (χ4n) is 4.36. The van der Waals surface area contributed by atoms with E-state index in [1.165, 1.54) is 45.3 Å². The van der Waals surface area contributed by atoms with Crippen molar-refractivity contribution in [3.05, 3.63) is 0 Å². The molecular formula is C16H33N3. The Bertz CT molecular complexity index is 292. The van der Waals surface area contributed by atoms with E-state index in [-0.39, 0.29) is 5.54 Å². The number of fused-ring (bicyclic) bond motifs is 1. The van der Waals surface area contributed by atoms with Gasteiger partial charge in [-0.3, -0.25) is 4.90 Å². The zero-order chi connectivity index (χ0) is 14.0. The van der Waals surface area contributed by atoms with Gasteiger partial charge >= 0.3 is 0 Å². The fraction of sp³-hybridized carbons (Fsp3) is 1.00. The summed E-state index contributed by atoms with van der Waals surface area (Å²) in [6.45, 7) is 11.6. The lowest BCUT2D eigenvalue weighted by Crippen LogP contribution is -2.60. The van der Waals surface area contributed by atoms with Gasteiger partial charge in [0.05, 0.1) is 0 Å². The molecule has 2 saturated heterocycles. The van der Waals surface area contributed by atoms with Crippen molar-refractivity contribution in [3.63, 3.8) is 0 Å². The molecule has 2 N–H and O–H groups in total. The molecule has 0 spiro atoms. The minimum absolute atomic E-state index is 0.204. The van der Waals surface area contributed by atoms with Crippen molar-refractivity contribution < 1.29 is 0 Å². The average Bonchev–Trinajstić information content (AvgIpc) is 2.37. The average molecular weight is 267 g/mol. The van der Waals surface area contributed by atoms with Crippen LogP contribution in [0.15, 0.2) is 0 Å². The Morgan fingerprint density at radius 2 is 2.00 bits per heavy atom. The van der Waals surface area contributed by atoms with E-state index in [0.29, 0.717) is 0 Å². The summed E-state index contributed by atoms with van der Waals surface area (Å²) in [5.41, 5.74) is 6.33. The van der Waals surface area contributed by atoms with E-state index in [9.17, 15) is 0 Å². The molecule has 3 nitrogen and oxygen atoms in total. The topological polar surface area (TPSA) is 32.5 Å². The quantitative estimate of drug-likeness (QED) is 0.847. The maximum Gasteiger partial charge on any atom is 0.0306 e. The van der Waals surface area contributed by atoms with Crippen molar-refractivity contribution in [2.75, 3.05) is 33.2 Å². The third kappa shape index (κ3) is 3.32. The van der Waals surface area contributed by atoms with Crippen LogP contribution < -0.4 is 5.73 Å². The molecule has 2 heterocycles. The molecule has 0 aromatic rings. The largest absolute Gasteiger partial charge is 0.329 e. The summed E-state index contributed by atoms with van der Waals surface area (Å²) in [4.78, 5) is 5.29. The second-order valence-electron chi connectivity index (χ2n) is 7.48. The van der Waals surface area contributed by atoms with Crippen LogP contribution in [0.5, 0.6) is 0 Å².